The average molecular weight is 270 g/mol. The Balaban J connectivity index is 1.70. The Morgan fingerprint density at radius 1 is 1.25 bits per heavy atom. The normalized spacial score (nSPS) is 21.4. The standard InChI is InChI=1S/C17H22N2O/c1-20-16-8-9-19(11-16)12-17(18)15-7-6-13-4-2-3-5-14(13)10-15/h2-7,10,16-17H,8-9,11-12,18H2,1H3. The number of hydrogen-bond donors (Lipinski definition) is 1. The Morgan fingerprint density at radius 2 is 2.05 bits per heavy atom. The predicted octanol–water partition coefficient (Wildman–Crippen LogP) is 2.56. The van der Waals surface area contributed by atoms with E-state index in [0.717, 1.165) is 26.1 Å². The van der Waals surface area contributed by atoms with Gasteiger partial charge in [0.25, 0.3) is 0 Å². The molecule has 106 valence electrons. The van der Waals surface area contributed by atoms with Crippen molar-refractivity contribution in [2.24, 2.45) is 5.73 Å². The van der Waals surface area contributed by atoms with Crippen molar-refractivity contribution in [1.82, 2.24) is 4.90 Å². The molecule has 1 heterocycles. The molecule has 0 bridgehead atoms. The predicted molar refractivity (Wildman–Crippen MR) is 82.7 cm³/mol. The fourth-order valence-corrected chi connectivity index (χ4v) is 2.98. The van der Waals surface area contributed by atoms with Crippen LogP contribution in [0, 0.1) is 0 Å². The van der Waals surface area contributed by atoms with Crippen LogP contribution in [0.2, 0.25) is 0 Å². The van der Waals surface area contributed by atoms with Gasteiger partial charge in [-0.25, -0.2) is 0 Å². The summed E-state index contributed by atoms with van der Waals surface area (Å²) in [6.45, 7) is 2.98. The van der Waals surface area contributed by atoms with Crippen LogP contribution in [0.1, 0.15) is 18.0 Å². The van der Waals surface area contributed by atoms with Crippen molar-refractivity contribution in [1.29, 1.82) is 0 Å². The largest absolute Gasteiger partial charge is 0.380 e. The molecule has 2 aromatic carbocycles. The molecule has 2 aromatic rings. The van der Waals surface area contributed by atoms with Gasteiger partial charge in [0.15, 0.2) is 0 Å². The second-order valence-corrected chi connectivity index (χ2v) is 5.62. The molecule has 0 radical (unpaired) electrons. The van der Waals surface area contributed by atoms with Crippen molar-refractivity contribution in [3.05, 3.63) is 48.0 Å². The van der Waals surface area contributed by atoms with Gasteiger partial charge in [0.1, 0.15) is 0 Å². The highest BCUT2D eigenvalue weighted by molar-refractivity contribution is 5.83. The summed E-state index contributed by atoms with van der Waals surface area (Å²) in [6.07, 6.45) is 1.49. The summed E-state index contributed by atoms with van der Waals surface area (Å²) in [5.74, 6) is 0. The van der Waals surface area contributed by atoms with Gasteiger partial charge in [-0.2, -0.15) is 0 Å². The molecule has 0 aliphatic carbocycles. The van der Waals surface area contributed by atoms with Crippen LogP contribution in [0.3, 0.4) is 0 Å². The third kappa shape index (κ3) is 2.85. The molecule has 3 nitrogen and oxygen atoms in total. The molecule has 20 heavy (non-hydrogen) atoms. The molecular weight excluding hydrogens is 248 g/mol. The maximum absolute atomic E-state index is 6.37. The van der Waals surface area contributed by atoms with E-state index in [1.165, 1.54) is 16.3 Å². The van der Waals surface area contributed by atoms with Crippen LogP contribution in [0.4, 0.5) is 0 Å². The van der Waals surface area contributed by atoms with Crippen molar-refractivity contribution >= 4 is 10.8 Å². The molecule has 2 atom stereocenters. The molecule has 0 aromatic heterocycles. The first-order chi connectivity index (χ1) is 9.76. The molecule has 2 N–H and O–H groups in total. The van der Waals surface area contributed by atoms with E-state index in [1.54, 1.807) is 7.11 Å². The number of fused-ring (bicyclic) bond motifs is 1. The Kier molecular flexibility index (Phi) is 4.01. The summed E-state index contributed by atoms with van der Waals surface area (Å²) >= 11 is 0. The molecule has 1 aliphatic rings. The summed E-state index contributed by atoms with van der Waals surface area (Å²) in [5, 5.41) is 2.53. The molecule has 1 aliphatic heterocycles. The van der Waals surface area contributed by atoms with Crippen LogP contribution < -0.4 is 5.73 Å². The molecule has 0 amide bonds. The minimum absolute atomic E-state index is 0.0650. The lowest BCUT2D eigenvalue weighted by Gasteiger charge is -2.21. The summed E-state index contributed by atoms with van der Waals surface area (Å²) < 4.78 is 5.40. The molecule has 3 rings (SSSR count). The van der Waals surface area contributed by atoms with Crippen molar-refractivity contribution in [3.63, 3.8) is 0 Å². The monoisotopic (exact) mass is 270 g/mol. The average Bonchev–Trinajstić information content (AvgIpc) is 2.94. The van der Waals surface area contributed by atoms with Crippen molar-refractivity contribution in [2.75, 3.05) is 26.7 Å². The van der Waals surface area contributed by atoms with E-state index in [4.69, 9.17) is 10.5 Å². The van der Waals surface area contributed by atoms with Crippen molar-refractivity contribution < 1.29 is 4.74 Å². The summed E-state index contributed by atoms with van der Waals surface area (Å²) in [4.78, 5) is 2.40. The van der Waals surface area contributed by atoms with Gasteiger partial charge in [-0.15, -0.1) is 0 Å². The lowest BCUT2D eigenvalue weighted by Crippen LogP contribution is -2.31. The summed E-state index contributed by atoms with van der Waals surface area (Å²) in [7, 11) is 1.79. The Labute approximate surface area is 120 Å². The lowest BCUT2D eigenvalue weighted by atomic mass is 10.0. The summed E-state index contributed by atoms with van der Waals surface area (Å²) in [5.41, 5.74) is 7.58. The van der Waals surface area contributed by atoms with E-state index >= 15 is 0 Å². The molecule has 0 spiro atoms. The fraction of sp³-hybridized carbons (Fsp3) is 0.412. The quantitative estimate of drug-likeness (QED) is 0.928. The van der Waals surface area contributed by atoms with Crippen molar-refractivity contribution in [3.8, 4) is 0 Å². The van der Waals surface area contributed by atoms with E-state index < -0.39 is 0 Å². The number of methoxy groups -OCH3 is 1. The molecular formula is C17H22N2O. The van der Waals surface area contributed by atoms with Gasteiger partial charge < -0.3 is 10.5 Å². The Bertz CT molecular complexity index is 584. The van der Waals surface area contributed by atoms with E-state index in [0.29, 0.717) is 6.10 Å². The number of nitrogens with two attached hydrogens (primary N) is 1. The van der Waals surface area contributed by atoms with E-state index in [2.05, 4.69) is 47.4 Å². The second kappa shape index (κ2) is 5.92. The van der Waals surface area contributed by atoms with Crippen LogP contribution in [0.25, 0.3) is 10.8 Å². The van der Waals surface area contributed by atoms with Crippen LogP contribution >= 0.6 is 0 Å². The van der Waals surface area contributed by atoms with Crippen LogP contribution in [0.15, 0.2) is 42.5 Å². The zero-order chi connectivity index (χ0) is 13.9. The second-order valence-electron chi connectivity index (χ2n) is 5.62. The Morgan fingerprint density at radius 3 is 2.80 bits per heavy atom. The minimum atomic E-state index is 0.0650. The van der Waals surface area contributed by atoms with Gasteiger partial charge in [-0.3, -0.25) is 4.90 Å². The van der Waals surface area contributed by atoms with Gasteiger partial charge in [0, 0.05) is 32.8 Å². The van der Waals surface area contributed by atoms with Gasteiger partial charge >= 0.3 is 0 Å². The SMILES string of the molecule is COC1CCN(CC(N)c2ccc3ccccc3c2)C1. The first kappa shape index (κ1) is 13.6. The maximum Gasteiger partial charge on any atom is 0.0710 e. The smallest absolute Gasteiger partial charge is 0.0710 e. The molecule has 1 fully saturated rings. The number of hydrogen-bond acceptors (Lipinski definition) is 3. The van der Waals surface area contributed by atoms with Crippen molar-refractivity contribution in [2.45, 2.75) is 18.6 Å². The highest BCUT2D eigenvalue weighted by Crippen LogP contribution is 2.21. The van der Waals surface area contributed by atoms with Crippen LogP contribution in [-0.4, -0.2) is 37.7 Å². The zero-order valence-corrected chi connectivity index (χ0v) is 12.0. The number of benzene rings is 2. The van der Waals surface area contributed by atoms with E-state index in [-0.39, 0.29) is 6.04 Å². The van der Waals surface area contributed by atoms with E-state index in [9.17, 15) is 0 Å². The first-order valence-corrected chi connectivity index (χ1v) is 7.25. The number of ether oxygens (including phenoxy) is 1. The Hall–Kier alpha value is -1.42. The molecule has 2 unspecified atom stereocenters. The molecule has 1 saturated heterocycles. The topological polar surface area (TPSA) is 38.5 Å². The van der Waals surface area contributed by atoms with Gasteiger partial charge in [-0.05, 0) is 28.8 Å². The number of rotatable bonds is 4. The zero-order valence-electron chi connectivity index (χ0n) is 12.0. The molecule has 3 heteroatoms. The fourth-order valence-electron chi connectivity index (χ4n) is 2.98. The van der Waals surface area contributed by atoms with Crippen LogP contribution in [-0.2, 0) is 4.74 Å². The summed E-state index contributed by atoms with van der Waals surface area (Å²) in [6, 6.07) is 15.0. The van der Waals surface area contributed by atoms with Gasteiger partial charge in [0.05, 0.1) is 6.10 Å². The van der Waals surface area contributed by atoms with E-state index in [1.807, 2.05) is 0 Å². The number of nitrogens with zero attached hydrogens (tertiary/aromatic N) is 1. The maximum atomic E-state index is 6.37. The third-order valence-electron chi connectivity index (χ3n) is 4.22. The third-order valence-corrected chi connectivity index (χ3v) is 4.22. The number of likely N-dealkylation sites (tertiary alicyclic amines) is 1. The first-order valence-electron chi connectivity index (χ1n) is 7.25. The van der Waals surface area contributed by atoms with Crippen LogP contribution in [0.5, 0.6) is 0 Å². The highest BCUT2D eigenvalue weighted by Gasteiger charge is 2.23. The minimum Gasteiger partial charge on any atom is -0.380 e. The van der Waals surface area contributed by atoms with Gasteiger partial charge in [-0.1, -0.05) is 36.4 Å². The molecule has 0 saturated carbocycles. The van der Waals surface area contributed by atoms with Gasteiger partial charge in [0.2, 0.25) is 0 Å². The highest BCUT2D eigenvalue weighted by atomic mass is 16.5. The lowest BCUT2D eigenvalue weighted by molar-refractivity contribution is 0.107.